The van der Waals surface area contributed by atoms with Crippen LogP contribution in [0.4, 0.5) is 5.69 Å². The van der Waals surface area contributed by atoms with Crippen LogP contribution in [0.25, 0.3) is 39.1 Å². The molecule has 6 heteroatoms. The number of rotatable bonds is 8. The van der Waals surface area contributed by atoms with Crippen molar-refractivity contribution in [3.05, 3.63) is 143 Å². The van der Waals surface area contributed by atoms with Crippen molar-refractivity contribution < 1.29 is 18.9 Å². The van der Waals surface area contributed by atoms with Gasteiger partial charge in [0, 0.05) is 56.4 Å². The van der Waals surface area contributed by atoms with E-state index in [2.05, 4.69) is 166 Å². The normalized spacial score (nSPS) is 20.2. The van der Waals surface area contributed by atoms with Crippen molar-refractivity contribution in [2.24, 2.45) is 10.8 Å². The molecule has 0 aromatic heterocycles. The van der Waals surface area contributed by atoms with Gasteiger partial charge >= 0.3 is 0 Å². The number of benzene rings is 6. The number of morpholine rings is 1. The molecule has 0 amide bonds. The van der Waals surface area contributed by atoms with E-state index in [0.717, 1.165) is 72.9 Å². The third-order valence-corrected chi connectivity index (χ3v) is 16.7. The maximum atomic E-state index is 8.00. The molecule has 2 aliphatic heterocycles. The Labute approximate surface area is 390 Å². The molecule has 0 atom stereocenters. The fourth-order valence-corrected chi connectivity index (χ4v) is 14.6. The zero-order valence-electron chi connectivity index (χ0n) is 39.1. The minimum Gasteiger partial charge on any atom is -0.497 e. The molecule has 1 spiro atoms. The fourth-order valence-electron chi connectivity index (χ4n) is 13.2. The van der Waals surface area contributed by atoms with Crippen LogP contribution >= 0.6 is 11.8 Å². The minimum absolute atomic E-state index is 0.132. The van der Waals surface area contributed by atoms with E-state index in [9.17, 15) is 0 Å². The molecule has 2 saturated carbocycles. The van der Waals surface area contributed by atoms with Gasteiger partial charge in [-0.3, -0.25) is 0 Å². The zero-order chi connectivity index (χ0) is 44.6. The van der Waals surface area contributed by atoms with Crippen molar-refractivity contribution in [3.63, 3.8) is 0 Å². The molecule has 0 bridgehead atoms. The summed E-state index contributed by atoms with van der Waals surface area (Å²) >= 11 is 2.12. The van der Waals surface area contributed by atoms with E-state index in [-0.39, 0.29) is 16.2 Å². The topological polar surface area (TPSA) is 40.2 Å². The Morgan fingerprint density at radius 1 is 0.662 bits per heavy atom. The molecule has 6 aromatic carbocycles. The molecule has 0 unspecified atom stereocenters. The van der Waals surface area contributed by atoms with Gasteiger partial charge in [0.2, 0.25) is 0 Å². The van der Waals surface area contributed by atoms with E-state index in [1.54, 1.807) is 14.2 Å². The molecule has 5 nitrogen and oxygen atoms in total. The average Bonchev–Trinajstić information content (AvgIpc) is 3.59. The maximum absolute atomic E-state index is 8.00. The maximum Gasteiger partial charge on any atom is 0.178 e. The monoisotopic (exact) mass is 881 g/mol. The number of hydrogen-bond acceptors (Lipinski definition) is 6. The van der Waals surface area contributed by atoms with Gasteiger partial charge in [-0.25, -0.2) is 0 Å². The second-order valence-corrected chi connectivity index (χ2v) is 22.4. The first-order valence-electron chi connectivity index (χ1n) is 24.1. The van der Waals surface area contributed by atoms with Gasteiger partial charge in [0.05, 0.1) is 27.4 Å². The Hall–Kier alpha value is -5.17. The van der Waals surface area contributed by atoms with E-state index in [1.165, 1.54) is 93.4 Å². The van der Waals surface area contributed by atoms with Crippen LogP contribution in [0.3, 0.4) is 0 Å². The van der Waals surface area contributed by atoms with Crippen LogP contribution in [-0.4, -0.2) is 45.8 Å². The smallest absolute Gasteiger partial charge is 0.178 e. The summed E-state index contributed by atoms with van der Waals surface area (Å²) in [6.07, 6.45) is 14.6. The van der Waals surface area contributed by atoms with Gasteiger partial charge in [0.25, 0.3) is 0 Å². The van der Waals surface area contributed by atoms with Crippen LogP contribution in [0, 0.1) is 10.8 Å². The molecular weight excluding hydrogens is 819 g/mol. The SMILES string of the molecule is COc1ccc(C2(c3ccc(OC)cc3)C=Cc3c4c(c5cc(SC6CCCCC6)c(-c6ccc(N7CCOCC7)cc6)cc5c3O2)-c2ccccc2C42CC(C)(C)CC(C)(C)C2)cc1. The third kappa shape index (κ3) is 7.35. The van der Waals surface area contributed by atoms with E-state index in [1.807, 2.05) is 0 Å². The molecule has 65 heavy (non-hydrogen) atoms. The molecule has 3 fully saturated rings. The molecule has 334 valence electrons. The predicted molar refractivity (Wildman–Crippen MR) is 269 cm³/mol. The molecule has 1 saturated heterocycles. The van der Waals surface area contributed by atoms with Crippen molar-refractivity contribution in [3.8, 4) is 39.5 Å². The molecule has 0 N–H and O–H groups in total. The molecule has 5 aliphatic rings. The summed E-state index contributed by atoms with van der Waals surface area (Å²) in [5.74, 6) is 2.59. The van der Waals surface area contributed by atoms with E-state index >= 15 is 0 Å². The Morgan fingerprint density at radius 3 is 1.92 bits per heavy atom. The van der Waals surface area contributed by atoms with Gasteiger partial charge in [0.1, 0.15) is 17.2 Å². The van der Waals surface area contributed by atoms with Crippen molar-refractivity contribution in [1.82, 2.24) is 0 Å². The van der Waals surface area contributed by atoms with Crippen molar-refractivity contribution in [2.45, 2.75) is 100 Å². The number of anilines is 1. The second-order valence-electron chi connectivity index (χ2n) is 21.0. The van der Waals surface area contributed by atoms with Gasteiger partial charge in [-0.15, -0.1) is 11.8 Å². The lowest BCUT2D eigenvalue weighted by molar-refractivity contribution is 0.0642. The quantitative estimate of drug-likeness (QED) is 0.152. The number of nitrogens with zero attached hydrogens (tertiary/aromatic N) is 1. The fraction of sp³-hybridized carbons (Fsp3) is 0.390. The van der Waals surface area contributed by atoms with Gasteiger partial charge in [-0.05, 0) is 136 Å². The summed E-state index contributed by atoms with van der Waals surface area (Å²) in [7, 11) is 3.45. The number of hydrogen-bond donors (Lipinski definition) is 0. The molecule has 6 aromatic rings. The van der Waals surface area contributed by atoms with Crippen LogP contribution in [0.5, 0.6) is 17.2 Å². The molecule has 11 rings (SSSR count). The average molecular weight is 882 g/mol. The van der Waals surface area contributed by atoms with Crippen molar-refractivity contribution in [1.29, 1.82) is 0 Å². The lowest BCUT2D eigenvalue weighted by Gasteiger charge is -2.52. The summed E-state index contributed by atoms with van der Waals surface area (Å²) < 4.78 is 25.1. The third-order valence-electron chi connectivity index (χ3n) is 15.3. The summed E-state index contributed by atoms with van der Waals surface area (Å²) in [6, 6.07) is 40.8. The number of ether oxygens (including phenoxy) is 4. The largest absolute Gasteiger partial charge is 0.497 e. The second kappa shape index (κ2) is 16.3. The molecule has 0 radical (unpaired) electrons. The van der Waals surface area contributed by atoms with Crippen molar-refractivity contribution in [2.75, 3.05) is 45.4 Å². The highest BCUT2D eigenvalue weighted by atomic mass is 32.2. The Morgan fingerprint density at radius 2 is 1.29 bits per heavy atom. The van der Waals surface area contributed by atoms with Crippen LogP contribution in [0.2, 0.25) is 0 Å². The Balaban J connectivity index is 1.21. The van der Waals surface area contributed by atoms with Crippen molar-refractivity contribution >= 4 is 34.3 Å². The zero-order valence-corrected chi connectivity index (χ0v) is 39.9. The highest BCUT2D eigenvalue weighted by molar-refractivity contribution is 8.00. The summed E-state index contributed by atoms with van der Waals surface area (Å²) in [6.45, 7) is 13.4. The van der Waals surface area contributed by atoms with E-state index in [0.29, 0.717) is 5.25 Å². The minimum atomic E-state index is -0.925. The summed E-state index contributed by atoms with van der Waals surface area (Å²) in [4.78, 5) is 3.82. The molecule has 2 heterocycles. The van der Waals surface area contributed by atoms with Gasteiger partial charge in [0.15, 0.2) is 5.60 Å². The van der Waals surface area contributed by atoms with Crippen LogP contribution < -0.4 is 19.1 Å². The predicted octanol–water partition coefficient (Wildman–Crippen LogP) is 14.6. The first kappa shape index (κ1) is 42.5. The van der Waals surface area contributed by atoms with Gasteiger partial charge in [-0.2, -0.15) is 0 Å². The van der Waals surface area contributed by atoms with E-state index < -0.39 is 5.60 Å². The molecular formula is C59H63NO4S. The van der Waals surface area contributed by atoms with Gasteiger partial charge in [-0.1, -0.05) is 114 Å². The first-order valence-corrected chi connectivity index (χ1v) is 24.9. The Bertz CT molecular complexity index is 2710. The van der Waals surface area contributed by atoms with Crippen LogP contribution in [0.1, 0.15) is 107 Å². The number of fused-ring (bicyclic) bond motifs is 10. The number of methoxy groups -OCH3 is 2. The molecule has 3 aliphatic carbocycles. The first-order chi connectivity index (χ1) is 31.5. The lowest BCUT2D eigenvalue weighted by atomic mass is 9.52. The Kier molecular flexibility index (Phi) is 10.7. The summed E-state index contributed by atoms with van der Waals surface area (Å²) in [5.41, 5.74) is 11.9. The summed E-state index contributed by atoms with van der Waals surface area (Å²) in [5, 5.41) is 3.05. The van der Waals surface area contributed by atoms with Crippen LogP contribution in [0.15, 0.2) is 120 Å². The van der Waals surface area contributed by atoms with Gasteiger partial charge < -0.3 is 23.8 Å². The van der Waals surface area contributed by atoms with Crippen LogP contribution in [-0.2, 0) is 15.8 Å². The standard InChI is InChI=1S/C59H63NO4S/c1-56(2)36-57(3,4)38-58(37-56)51-15-11-10-14-46(51)53-49-35-52(65-45-12-8-7-9-13-45)48(39-16-22-42(23-17-39)60-30-32-63-33-31-60)34-50(49)55-47(54(53)58)28-29-59(64-55,40-18-24-43(61-5)25-19-40)41-20-26-44(62-6)27-21-41/h10-11,14-29,34-35,45H,7-9,12-13,30-33,36-38H2,1-6H3. The lowest BCUT2D eigenvalue weighted by Crippen LogP contribution is -2.44. The highest BCUT2D eigenvalue weighted by Gasteiger charge is 2.55. The highest BCUT2D eigenvalue weighted by Crippen LogP contribution is 2.67. The van der Waals surface area contributed by atoms with E-state index in [4.69, 9.17) is 18.9 Å². The number of thioether (sulfide) groups is 1.